The number of hydrogen-bond acceptors (Lipinski definition) is 4. The molecule has 0 aromatic carbocycles. The number of anilines is 1. The van der Waals surface area contributed by atoms with Crippen molar-refractivity contribution < 1.29 is 22.8 Å². The van der Waals surface area contributed by atoms with Crippen LogP contribution in [-0.4, -0.2) is 29.9 Å². The summed E-state index contributed by atoms with van der Waals surface area (Å²) in [5.41, 5.74) is -1.76. The van der Waals surface area contributed by atoms with E-state index in [0.717, 1.165) is 6.07 Å². The number of nitrogens with zero attached hydrogens (tertiary/aromatic N) is 2. The molecule has 1 aromatic heterocycles. The van der Waals surface area contributed by atoms with Crippen LogP contribution < -0.4 is 10.2 Å². The SMILES string of the molecule is O=C1C[C@@]2(CCN(c3ncc(C(F)(F)F)cc3Cl)C2)C(=O)N1. The highest BCUT2D eigenvalue weighted by Crippen LogP contribution is 2.41. The van der Waals surface area contributed by atoms with Crippen molar-refractivity contribution in [3.8, 4) is 0 Å². The maximum absolute atomic E-state index is 12.6. The molecule has 5 nitrogen and oxygen atoms in total. The van der Waals surface area contributed by atoms with E-state index in [9.17, 15) is 22.8 Å². The van der Waals surface area contributed by atoms with Crippen molar-refractivity contribution in [2.45, 2.75) is 19.0 Å². The highest BCUT2D eigenvalue weighted by Gasteiger charge is 2.51. The van der Waals surface area contributed by atoms with Crippen LogP contribution in [0.15, 0.2) is 12.3 Å². The number of amides is 2. The summed E-state index contributed by atoms with van der Waals surface area (Å²) in [4.78, 5) is 28.7. The van der Waals surface area contributed by atoms with Crippen LogP contribution in [0.1, 0.15) is 18.4 Å². The third kappa shape index (κ3) is 2.41. The van der Waals surface area contributed by atoms with E-state index in [-0.39, 0.29) is 35.6 Å². The van der Waals surface area contributed by atoms with Crippen LogP contribution in [0.4, 0.5) is 19.0 Å². The summed E-state index contributed by atoms with van der Waals surface area (Å²) >= 11 is 5.90. The molecule has 2 saturated heterocycles. The van der Waals surface area contributed by atoms with Gasteiger partial charge in [0.05, 0.1) is 16.0 Å². The van der Waals surface area contributed by atoms with Crippen LogP contribution in [0.5, 0.6) is 0 Å². The van der Waals surface area contributed by atoms with E-state index in [2.05, 4.69) is 10.3 Å². The largest absolute Gasteiger partial charge is 0.417 e. The van der Waals surface area contributed by atoms with E-state index in [1.807, 2.05) is 0 Å². The second kappa shape index (κ2) is 4.84. The van der Waals surface area contributed by atoms with E-state index >= 15 is 0 Å². The van der Waals surface area contributed by atoms with Gasteiger partial charge in [-0.1, -0.05) is 11.6 Å². The molecule has 0 aliphatic carbocycles. The van der Waals surface area contributed by atoms with Gasteiger partial charge >= 0.3 is 6.18 Å². The van der Waals surface area contributed by atoms with Crippen molar-refractivity contribution in [1.82, 2.24) is 10.3 Å². The van der Waals surface area contributed by atoms with Gasteiger partial charge in [-0.2, -0.15) is 13.2 Å². The van der Waals surface area contributed by atoms with Gasteiger partial charge in [0.2, 0.25) is 11.8 Å². The molecule has 3 rings (SSSR count). The summed E-state index contributed by atoms with van der Waals surface area (Å²) in [6.07, 6.45) is -3.28. The van der Waals surface area contributed by atoms with Crippen molar-refractivity contribution >= 4 is 29.2 Å². The lowest BCUT2D eigenvalue weighted by Crippen LogP contribution is -2.34. The Morgan fingerprint density at radius 1 is 1.36 bits per heavy atom. The number of alkyl halides is 3. The molecule has 118 valence electrons. The fourth-order valence-electron chi connectivity index (χ4n) is 2.89. The predicted molar refractivity (Wildman–Crippen MR) is 71.3 cm³/mol. The molecule has 0 bridgehead atoms. The summed E-state index contributed by atoms with van der Waals surface area (Å²) in [6, 6.07) is 0.814. The molecule has 0 saturated carbocycles. The number of rotatable bonds is 1. The Labute approximate surface area is 128 Å². The lowest BCUT2D eigenvalue weighted by molar-refractivity contribution is -0.137. The molecule has 2 fully saturated rings. The third-order valence-electron chi connectivity index (χ3n) is 4.04. The molecule has 0 unspecified atom stereocenters. The second-order valence-electron chi connectivity index (χ2n) is 5.53. The Balaban J connectivity index is 1.85. The van der Waals surface area contributed by atoms with E-state index in [4.69, 9.17) is 11.6 Å². The minimum Gasteiger partial charge on any atom is -0.354 e. The molecule has 3 heterocycles. The van der Waals surface area contributed by atoms with Crippen LogP contribution in [0, 0.1) is 5.41 Å². The van der Waals surface area contributed by atoms with E-state index in [1.165, 1.54) is 0 Å². The molecule has 1 aromatic rings. The zero-order valence-electron chi connectivity index (χ0n) is 11.2. The van der Waals surface area contributed by atoms with Gasteiger partial charge in [-0.05, 0) is 12.5 Å². The Bertz CT molecular complexity index is 664. The van der Waals surface area contributed by atoms with Gasteiger partial charge in [-0.25, -0.2) is 4.98 Å². The smallest absolute Gasteiger partial charge is 0.354 e. The van der Waals surface area contributed by atoms with Gasteiger partial charge in [0.25, 0.3) is 0 Å². The molecular formula is C13H11ClF3N3O2. The fourth-order valence-corrected chi connectivity index (χ4v) is 3.18. The zero-order chi connectivity index (χ0) is 16.1. The van der Waals surface area contributed by atoms with Crippen LogP contribution in [0.25, 0.3) is 0 Å². The number of imide groups is 1. The minimum atomic E-state index is -4.51. The quantitative estimate of drug-likeness (QED) is 0.798. The highest BCUT2D eigenvalue weighted by atomic mass is 35.5. The maximum Gasteiger partial charge on any atom is 0.417 e. The number of carbonyl (C=O) groups is 2. The average Bonchev–Trinajstić information content (AvgIpc) is 2.93. The number of carbonyl (C=O) groups excluding carboxylic acids is 2. The fraction of sp³-hybridized carbons (Fsp3) is 0.462. The van der Waals surface area contributed by atoms with Gasteiger partial charge in [0.1, 0.15) is 5.82 Å². The number of nitrogens with one attached hydrogen (secondary N) is 1. The molecule has 1 spiro atoms. The monoisotopic (exact) mass is 333 g/mol. The van der Waals surface area contributed by atoms with Crippen LogP contribution in [0.2, 0.25) is 5.02 Å². The van der Waals surface area contributed by atoms with Gasteiger partial charge in [-0.3, -0.25) is 14.9 Å². The van der Waals surface area contributed by atoms with Crippen molar-refractivity contribution in [2.75, 3.05) is 18.0 Å². The first kappa shape index (κ1) is 15.1. The molecule has 9 heteroatoms. The highest BCUT2D eigenvalue weighted by molar-refractivity contribution is 6.33. The maximum atomic E-state index is 12.6. The first-order chi connectivity index (χ1) is 10.2. The van der Waals surface area contributed by atoms with Crippen molar-refractivity contribution in [3.63, 3.8) is 0 Å². The van der Waals surface area contributed by atoms with E-state index in [0.29, 0.717) is 19.2 Å². The lowest BCUT2D eigenvalue weighted by atomic mass is 9.85. The topological polar surface area (TPSA) is 62.3 Å². The first-order valence-corrected chi connectivity index (χ1v) is 6.91. The number of halogens is 4. The second-order valence-corrected chi connectivity index (χ2v) is 5.94. The number of hydrogen-bond donors (Lipinski definition) is 1. The van der Waals surface area contributed by atoms with Crippen LogP contribution in [-0.2, 0) is 15.8 Å². The summed E-state index contributed by atoms with van der Waals surface area (Å²) in [5.74, 6) is -0.486. The van der Waals surface area contributed by atoms with Crippen LogP contribution >= 0.6 is 11.6 Å². The van der Waals surface area contributed by atoms with E-state index < -0.39 is 17.2 Å². The molecule has 22 heavy (non-hydrogen) atoms. The predicted octanol–water partition coefficient (Wildman–Crippen LogP) is 2.00. The molecule has 1 atom stereocenters. The Morgan fingerprint density at radius 2 is 2.09 bits per heavy atom. The summed E-state index contributed by atoms with van der Waals surface area (Å²) in [5, 5.41) is 2.13. The van der Waals surface area contributed by atoms with Gasteiger partial charge in [0.15, 0.2) is 0 Å². The number of aromatic nitrogens is 1. The van der Waals surface area contributed by atoms with Crippen molar-refractivity contribution in [1.29, 1.82) is 0 Å². The van der Waals surface area contributed by atoms with E-state index in [1.54, 1.807) is 4.90 Å². The molecule has 2 aliphatic rings. The Morgan fingerprint density at radius 3 is 2.64 bits per heavy atom. The first-order valence-electron chi connectivity index (χ1n) is 6.53. The van der Waals surface area contributed by atoms with Crippen LogP contribution in [0.3, 0.4) is 0 Å². The zero-order valence-corrected chi connectivity index (χ0v) is 12.0. The van der Waals surface area contributed by atoms with Gasteiger partial charge in [0, 0.05) is 25.7 Å². The molecule has 0 radical (unpaired) electrons. The summed E-state index contributed by atoms with van der Waals surface area (Å²) < 4.78 is 37.8. The average molecular weight is 334 g/mol. The Hall–Kier alpha value is -1.83. The minimum absolute atomic E-state index is 0.0839. The standard InChI is InChI=1S/C13H11ClF3N3O2/c14-8-3-7(13(15,16)17)5-18-10(8)20-2-1-12(6-20)4-9(21)19-11(12)22/h3,5H,1-2,4,6H2,(H,19,21,22)/t12-/m1/s1. The molecule has 2 aliphatic heterocycles. The molecular weight excluding hydrogens is 323 g/mol. The summed E-state index contributed by atoms with van der Waals surface area (Å²) in [7, 11) is 0. The third-order valence-corrected chi connectivity index (χ3v) is 4.31. The normalized spacial score (nSPS) is 25.2. The Kier molecular flexibility index (Phi) is 3.32. The molecule has 1 N–H and O–H groups in total. The van der Waals surface area contributed by atoms with Crippen molar-refractivity contribution in [2.24, 2.45) is 5.41 Å². The van der Waals surface area contributed by atoms with Gasteiger partial charge in [-0.15, -0.1) is 0 Å². The van der Waals surface area contributed by atoms with Gasteiger partial charge < -0.3 is 4.90 Å². The lowest BCUT2D eigenvalue weighted by Gasteiger charge is -2.22. The number of pyridine rings is 1. The summed E-state index contributed by atoms with van der Waals surface area (Å²) in [6.45, 7) is 0.613. The molecule has 2 amide bonds. The van der Waals surface area contributed by atoms with Crippen molar-refractivity contribution in [3.05, 3.63) is 22.8 Å².